The van der Waals surface area contributed by atoms with Gasteiger partial charge in [0.2, 0.25) is 11.7 Å². The van der Waals surface area contributed by atoms with Crippen LogP contribution in [0.1, 0.15) is 18.9 Å². The summed E-state index contributed by atoms with van der Waals surface area (Å²) in [6.45, 7) is 1.31. The second kappa shape index (κ2) is 6.42. The molecule has 0 fully saturated rings. The minimum absolute atomic E-state index is 0.288. The molecule has 0 radical (unpaired) electrons. The maximum Gasteiger partial charge on any atom is 0.242 e. The average Bonchev–Trinajstić information content (AvgIpc) is 2.37. The Morgan fingerprint density at radius 3 is 2.05 bits per heavy atom. The van der Waals surface area contributed by atoms with Gasteiger partial charge in [0.25, 0.3) is 0 Å². The van der Waals surface area contributed by atoms with E-state index in [1.54, 1.807) is 5.43 Å². The molecule has 0 aromatic heterocycles. The van der Waals surface area contributed by atoms with Crippen molar-refractivity contribution in [2.45, 2.75) is 19.4 Å². The quantitative estimate of drug-likeness (QED) is 0.291. The third-order valence-corrected chi connectivity index (χ3v) is 2.11. The Bertz CT molecular complexity index is 531. The Kier molecular flexibility index (Phi) is 5.14. The van der Waals surface area contributed by atoms with E-state index < -0.39 is 46.7 Å². The molecule has 4 nitrogen and oxygen atoms in total. The Balaban J connectivity index is 2.96. The van der Waals surface area contributed by atoms with E-state index in [4.69, 9.17) is 5.11 Å². The summed E-state index contributed by atoms with van der Waals surface area (Å²) in [4.78, 5) is 11.0. The molecule has 0 aliphatic heterocycles. The summed E-state index contributed by atoms with van der Waals surface area (Å²) in [6, 6.07) is 0. The fourth-order valence-corrected chi connectivity index (χ4v) is 1.22. The van der Waals surface area contributed by atoms with Crippen molar-refractivity contribution in [2.75, 3.05) is 0 Å². The number of halogens is 5. The molecule has 0 aliphatic carbocycles. The van der Waals surface area contributed by atoms with Crippen molar-refractivity contribution in [2.24, 2.45) is 5.10 Å². The first-order valence-corrected chi connectivity index (χ1v) is 5.27. The van der Waals surface area contributed by atoms with Crippen LogP contribution in [-0.4, -0.2) is 23.3 Å². The molecule has 0 aliphatic rings. The van der Waals surface area contributed by atoms with Gasteiger partial charge in [0.1, 0.15) is 0 Å². The van der Waals surface area contributed by atoms with Gasteiger partial charge in [-0.3, -0.25) is 4.79 Å². The van der Waals surface area contributed by atoms with Gasteiger partial charge >= 0.3 is 0 Å². The van der Waals surface area contributed by atoms with E-state index in [9.17, 15) is 26.7 Å². The fraction of sp³-hybridized carbons (Fsp3) is 0.273. The average molecular weight is 296 g/mol. The highest BCUT2D eigenvalue weighted by Crippen LogP contribution is 2.21. The van der Waals surface area contributed by atoms with Crippen LogP contribution >= 0.6 is 0 Å². The third-order valence-electron chi connectivity index (χ3n) is 2.11. The van der Waals surface area contributed by atoms with E-state index in [1.165, 1.54) is 6.92 Å². The van der Waals surface area contributed by atoms with Crippen molar-refractivity contribution in [3.8, 4) is 0 Å². The van der Waals surface area contributed by atoms with E-state index in [0.717, 1.165) is 0 Å². The van der Waals surface area contributed by atoms with Gasteiger partial charge in [0.15, 0.2) is 23.3 Å². The van der Waals surface area contributed by atoms with Crippen LogP contribution in [0.2, 0.25) is 0 Å². The Morgan fingerprint density at radius 2 is 1.60 bits per heavy atom. The van der Waals surface area contributed by atoms with E-state index in [-0.39, 0.29) is 12.6 Å². The minimum Gasteiger partial charge on any atom is -0.393 e. The molecular weight excluding hydrogens is 287 g/mol. The Labute approximate surface area is 109 Å². The number of rotatable bonds is 4. The molecule has 0 heterocycles. The fourth-order valence-electron chi connectivity index (χ4n) is 1.22. The molecule has 1 aromatic carbocycles. The molecular formula is C11H9F5N2O2. The predicted octanol–water partition coefficient (Wildman–Crippen LogP) is 1.60. The number of amides is 1. The van der Waals surface area contributed by atoms with Crippen molar-refractivity contribution < 1.29 is 31.9 Å². The number of aliphatic hydroxyl groups is 1. The van der Waals surface area contributed by atoms with Crippen molar-refractivity contribution in [1.29, 1.82) is 0 Å². The van der Waals surface area contributed by atoms with Gasteiger partial charge in [-0.05, 0) is 6.92 Å². The van der Waals surface area contributed by atoms with Gasteiger partial charge in [-0.15, -0.1) is 0 Å². The van der Waals surface area contributed by atoms with Gasteiger partial charge in [0.05, 0.1) is 24.3 Å². The summed E-state index contributed by atoms with van der Waals surface area (Å²) in [5, 5.41) is 11.9. The van der Waals surface area contributed by atoms with Crippen molar-refractivity contribution in [1.82, 2.24) is 5.43 Å². The molecule has 0 spiro atoms. The van der Waals surface area contributed by atoms with Crippen LogP contribution in [0, 0.1) is 29.1 Å². The smallest absolute Gasteiger partial charge is 0.242 e. The molecule has 1 atom stereocenters. The zero-order valence-electron chi connectivity index (χ0n) is 10.1. The van der Waals surface area contributed by atoms with E-state index in [1.807, 2.05) is 0 Å². The monoisotopic (exact) mass is 296 g/mol. The van der Waals surface area contributed by atoms with Crippen molar-refractivity contribution in [3.05, 3.63) is 34.6 Å². The van der Waals surface area contributed by atoms with Gasteiger partial charge in [-0.25, -0.2) is 27.4 Å². The topological polar surface area (TPSA) is 61.7 Å². The molecule has 20 heavy (non-hydrogen) atoms. The summed E-state index contributed by atoms with van der Waals surface area (Å²) in [5.74, 6) is -11.4. The van der Waals surface area contributed by atoms with E-state index in [2.05, 4.69) is 5.10 Å². The van der Waals surface area contributed by atoms with Crippen LogP contribution in [0.15, 0.2) is 5.10 Å². The van der Waals surface area contributed by atoms with Crippen LogP contribution in [0.4, 0.5) is 22.0 Å². The first kappa shape index (κ1) is 16.0. The lowest BCUT2D eigenvalue weighted by Crippen LogP contribution is -2.22. The first-order valence-electron chi connectivity index (χ1n) is 5.27. The first-order chi connectivity index (χ1) is 9.25. The molecule has 0 unspecified atom stereocenters. The summed E-state index contributed by atoms with van der Waals surface area (Å²) >= 11 is 0. The number of aliphatic hydroxyl groups excluding tert-OH is 1. The van der Waals surface area contributed by atoms with Gasteiger partial charge in [0, 0.05) is 0 Å². The summed E-state index contributed by atoms with van der Waals surface area (Å²) in [7, 11) is 0. The SMILES string of the molecule is C[C@H](O)CC(=O)N/N=C\c1c(F)c(F)c(F)c(F)c1F. The van der Waals surface area contributed by atoms with Crippen LogP contribution in [-0.2, 0) is 4.79 Å². The lowest BCUT2D eigenvalue weighted by molar-refractivity contribution is -0.122. The van der Waals surface area contributed by atoms with Gasteiger partial charge in [-0.2, -0.15) is 5.10 Å². The lowest BCUT2D eigenvalue weighted by Gasteiger charge is -2.04. The maximum absolute atomic E-state index is 13.2. The Hall–Kier alpha value is -2.03. The third kappa shape index (κ3) is 3.50. The number of nitrogens with one attached hydrogen (secondary N) is 1. The van der Waals surface area contributed by atoms with E-state index in [0.29, 0.717) is 0 Å². The molecule has 0 saturated carbocycles. The highest BCUT2D eigenvalue weighted by atomic mass is 19.2. The van der Waals surface area contributed by atoms with Crippen LogP contribution in [0.25, 0.3) is 0 Å². The minimum atomic E-state index is -2.28. The summed E-state index contributed by atoms with van der Waals surface area (Å²) < 4.78 is 64.7. The molecule has 1 aromatic rings. The molecule has 0 saturated heterocycles. The largest absolute Gasteiger partial charge is 0.393 e. The standard InChI is InChI=1S/C11H9F5N2O2/c1-4(19)2-6(20)18-17-3-5-7(12)9(14)11(16)10(15)8(5)13/h3-4,19H,2H2,1H3,(H,18,20)/b17-3-/t4-/m0/s1. The number of nitrogens with zero attached hydrogens (tertiary/aromatic N) is 1. The summed E-state index contributed by atoms with van der Waals surface area (Å²) in [5.41, 5.74) is 0.490. The number of benzene rings is 1. The molecule has 9 heteroatoms. The second-order valence-electron chi connectivity index (χ2n) is 3.83. The predicted molar refractivity (Wildman–Crippen MR) is 58.3 cm³/mol. The molecule has 0 bridgehead atoms. The number of hydrogen-bond donors (Lipinski definition) is 2. The molecule has 1 rings (SSSR count). The zero-order chi connectivity index (χ0) is 15.4. The molecule has 110 valence electrons. The normalized spacial score (nSPS) is 12.8. The number of hydrazone groups is 1. The Morgan fingerprint density at radius 1 is 1.15 bits per heavy atom. The van der Waals surface area contributed by atoms with Crippen LogP contribution in [0.5, 0.6) is 0 Å². The van der Waals surface area contributed by atoms with Crippen molar-refractivity contribution in [3.63, 3.8) is 0 Å². The van der Waals surface area contributed by atoms with Crippen LogP contribution < -0.4 is 5.43 Å². The van der Waals surface area contributed by atoms with Crippen LogP contribution in [0.3, 0.4) is 0 Å². The zero-order valence-corrected chi connectivity index (χ0v) is 10.1. The number of carbonyl (C=O) groups excluding carboxylic acids is 1. The number of carbonyl (C=O) groups is 1. The highest BCUT2D eigenvalue weighted by Gasteiger charge is 2.24. The molecule has 2 N–H and O–H groups in total. The van der Waals surface area contributed by atoms with Gasteiger partial charge in [-0.1, -0.05) is 0 Å². The lowest BCUT2D eigenvalue weighted by atomic mass is 10.2. The van der Waals surface area contributed by atoms with Gasteiger partial charge < -0.3 is 5.11 Å². The maximum atomic E-state index is 13.2. The van der Waals surface area contributed by atoms with Crippen molar-refractivity contribution >= 4 is 12.1 Å². The summed E-state index contributed by atoms with van der Waals surface area (Å²) in [6.07, 6.45) is -1.02. The second-order valence-corrected chi connectivity index (χ2v) is 3.83. The molecule has 1 amide bonds. The number of hydrogen-bond acceptors (Lipinski definition) is 3. The van der Waals surface area contributed by atoms with E-state index >= 15 is 0 Å². The highest BCUT2D eigenvalue weighted by molar-refractivity contribution is 5.83.